The Morgan fingerprint density at radius 2 is 1.68 bits per heavy atom. The number of hydrazone groups is 1. The van der Waals surface area contributed by atoms with Crippen LogP contribution in [0.4, 0.5) is 15.8 Å². The molecule has 9 nitrogen and oxygen atoms in total. The number of halogens is 2. The third-order valence-electron chi connectivity index (χ3n) is 4.89. The van der Waals surface area contributed by atoms with Gasteiger partial charge in [0.15, 0.2) is 18.1 Å². The summed E-state index contributed by atoms with van der Waals surface area (Å²) in [5.41, 5.74) is 5.28. The van der Waals surface area contributed by atoms with Crippen LogP contribution in [-0.2, 0) is 14.4 Å². The number of nitrogens with zero attached hydrogens (tertiary/aromatic N) is 1. The fourth-order valence-corrected chi connectivity index (χ4v) is 4.19. The Morgan fingerprint density at radius 1 is 0.974 bits per heavy atom. The number of rotatable bonds is 9. The van der Waals surface area contributed by atoms with E-state index in [1.165, 1.54) is 24.4 Å². The van der Waals surface area contributed by atoms with Crippen molar-refractivity contribution in [2.75, 3.05) is 23.8 Å². The quantitative estimate of drug-likeness (QED) is 0.139. The van der Waals surface area contributed by atoms with Gasteiger partial charge >= 0.3 is 11.8 Å². The van der Waals surface area contributed by atoms with E-state index in [4.69, 9.17) is 9.47 Å². The Balaban J connectivity index is 1.63. The van der Waals surface area contributed by atoms with Gasteiger partial charge in [0.05, 0.1) is 22.1 Å². The van der Waals surface area contributed by atoms with E-state index in [1.807, 2.05) is 54.6 Å². The zero-order valence-electron chi connectivity index (χ0n) is 20.9. The number of para-hydroxylation sites is 1. The predicted molar refractivity (Wildman–Crippen MR) is 151 cm³/mol. The first-order chi connectivity index (χ1) is 18.2. The molecule has 3 amide bonds. The van der Waals surface area contributed by atoms with Gasteiger partial charge in [0.1, 0.15) is 5.82 Å². The van der Waals surface area contributed by atoms with Crippen molar-refractivity contribution in [2.45, 2.75) is 20.8 Å². The molecular weight excluding hydrogens is 606 g/mol. The standard InChI is InChI=1S/C27H26FIN4O5/c1-4-37-23-13-18(14-30-33-27(36)26(35)32-22-8-6-5-7-20(22)28)12-21(29)25(23)38-15-24(34)31-19-10-16(2)9-17(3)11-19/h5-14H,4,15H2,1-3H3,(H,31,34)(H,32,35)(H,33,36)/b30-14-. The van der Waals surface area contributed by atoms with Gasteiger partial charge in [0, 0.05) is 5.69 Å². The van der Waals surface area contributed by atoms with Crippen LogP contribution in [0.3, 0.4) is 0 Å². The molecule has 11 heteroatoms. The summed E-state index contributed by atoms with van der Waals surface area (Å²) in [6, 6.07) is 14.6. The lowest BCUT2D eigenvalue weighted by atomic mass is 10.1. The monoisotopic (exact) mass is 632 g/mol. The average Bonchev–Trinajstić information content (AvgIpc) is 2.84. The van der Waals surface area contributed by atoms with Crippen molar-refractivity contribution in [1.82, 2.24) is 5.43 Å². The minimum absolute atomic E-state index is 0.120. The molecule has 0 aromatic heterocycles. The van der Waals surface area contributed by atoms with Crippen molar-refractivity contribution in [2.24, 2.45) is 5.10 Å². The maximum Gasteiger partial charge on any atom is 0.329 e. The van der Waals surface area contributed by atoms with Crippen LogP contribution < -0.4 is 25.5 Å². The van der Waals surface area contributed by atoms with Gasteiger partial charge in [0.25, 0.3) is 5.91 Å². The number of ether oxygens (including phenoxy) is 2. The highest BCUT2D eigenvalue weighted by Crippen LogP contribution is 2.34. The van der Waals surface area contributed by atoms with Gasteiger partial charge < -0.3 is 20.1 Å². The summed E-state index contributed by atoms with van der Waals surface area (Å²) in [7, 11) is 0. The first-order valence-electron chi connectivity index (χ1n) is 11.5. The first-order valence-corrected chi connectivity index (χ1v) is 12.6. The maximum absolute atomic E-state index is 13.7. The van der Waals surface area contributed by atoms with Crippen molar-refractivity contribution in [3.63, 3.8) is 0 Å². The van der Waals surface area contributed by atoms with Gasteiger partial charge in [-0.3, -0.25) is 14.4 Å². The second-order valence-electron chi connectivity index (χ2n) is 8.11. The van der Waals surface area contributed by atoms with Crippen molar-refractivity contribution >= 4 is 57.9 Å². The molecule has 0 spiro atoms. The molecule has 3 N–H and O–H groups in total. The molecule has 0 saturated carbocycles. The lowest BCUT2D eigenvalue weighted by Crippen LogP contribution is -2.32. The third-order valence-corrected chi connectivity index (χ3v) is 5.69. The van der Waals surface area contributed by atoms with E-state index in [0.29, 0.717) is 32.9 Å². The highest BCUT2D eigenvalue weighted by atomic mass is 127. The Morgan fingerprint density at radius 3 is 2.37 bits per heavy atom. The van der Waals surface area contributed by atoms with Crippen molar-refractivity contribution < 1.29 is 28.2 Å². The summed E-state index contributed by atoms with van der Waals surface area (Å²) in [5.74, 6) is -2.37. The molecule has 3 aromatic rings. The summed E-state index contributed by atoms with van der Waals surface area (Å²) < 4.78 is 25.7. The van der Waals surface area contributed by atoms with Crippen molar-refractivity contribution in [1.29, 1.82) is 0 Å². The van der Waals surface area contributed by atoms with E-state index in [2.05, 4.69) is 21.2 Å². The van der Waals surface area contributed by atoms with E-state index in [9.17, 15) is 18.8 Å². The second kappa shape index (κ2) is 13.5. The van der Waals surface area contributed by atoms with Crippen LogP contribution in [0.15, 0.2) is 59.7 Å². The van der Waals surface area contributed by atoms with Crippen LogP contribution in [0.5, 0.6) is 11.5 Å². The third kappa shape index (κ3) is 8.26. The Hall–Kier alpha value is -4.00. The number of hydrogen-bond acceptors (Lipinski definition) is 6. The average molecular weight is 632 g/mol. The van der Waals surface area contributed by atoms with Crippen molar-refractivity contribution in [3.05, 3.63) is 80.7 Å². The molecule has 0 aliphatic heterocycles. The molecule has 38 heavy (non-hydrogen) atoms. The fourth-order valence-electron chi connectivity index (χ4n) is 3.40. The summed E-state index contributed by atoms with van der Waals surface area (Å²) in [6.45, 7) is 5.82. The number of benzene rings is 3. The van der Waals surface area contributed by atoms with Gasteiger partial charge in [-0.15, -0.1) is 0 Å². The molecule has 0 fully saturated rings. The predicted octanol–water partition coefficient (Wildman–Crippen LogP) is 4.55. The molecule has 0 atom stereocenters. The molecule has 0 heterocycles. The number of anilines is 2. The molecule has 3 rings (SSSR count). The molecule has 0 aliphatic rings. The minimum atomic E-state index is -1.07. The SMILES string of the molecule is CCOc1cc(/C=N\NC(=O)C(=O)Nc2ccccc2F)cc(I)c1OCC(=O)Nc1cc(C)cc(C)c1. The summed E-state index contributed by atoms with van der Waals surface area (Å²) in [4.78, 5) is 36.5. The maximum atomic E-state index is 13.7. The van der Waals surface area contributed by atoms with Gasteiger partial charge in [-0.05, 0) is 96.5 Å². The second-order valence-corrected chi connectivity index (χ2v) is 9.27. The van der Waals surface area contributed by atoms with Crippen LogP contribution in [0.25, 0.3) is 0 Å². The zero-order valence-corrected chi connectivity index (χ0v) is 23.1. The van der Waals surface area contributed by atoms with E-state index >= 15 is 0 Å². The molecule has 3 aromatic carbocycles. The molecule has 0 aliphatic carbocycles. The van der Waals surface area contributed by atoms with Crippen LogP contribution in [-0.4, -0.2) is 37.1 Å². The van der Waals surface area contributed by atoms with Gasteiger partial charge in [0.2, 0.25) is 0 Å². The van der Waals surface area contributed by atoms with Gasteiger partial charge in [-0.25, -0.2) is 9.82 Å². The lowest BCUT2D eigenvalue weighted by molar-refractivity contribution is -0.136. The molecule has 0 radical (unpaired) electrons. The Kier molecular flexibility index (Phi) is 10.2. The molecule has 0 bridgehead atoms. The smallest absolute Gasteiger partial charge is 0.329 e. The fraction of sp³-hybridized carbons (Fsp3) is 0.185. The zero-order chi connectivity index (χ0) is 27.7. The largest absolute Gasteiger partial charge is 0.490 e. The Labute approximate surface area is 232 Å². The number of amides is 3. The first kappa shape index (κ1) is 28.6. The normalized spacial score (nSPS) is 10.7. The topological polar surface area (TPSA) is 118 Å². The van der Waals surface area contributed by atoms with Crippen LogP contribution in [0, 0.1) is 23.2 Å². The van der Waals surface area contributed by atoms with E-state index in [0.717, 1.165) is 17.2 Å². The minimum Gasteiger partial charge on any atom is -0.490 e. The lowest BCUT2D eigenvalue weighted by Gasteiger charge is -2.15. The van der Waals surface area contributed by atoms with Crippen LogP contribution >= 0.6 is 22.6 Å². The number of aryl methyl sites for hydroxylation is 2. The number of carbonyl (C=O) groups is 3. The van der Waals surface area contributed by atoms with Crippen LogP contribution in [0.1, 0.15) is 23.6 Å². The van der Waals surface area contributed by atoms with Gasteiger partial charge in [-0.2, -0.15) is 5.10 Å². The molecular formula is C27H26FIN4O5. The van der Waals surface area contributed by atoms with E-state index in [-0.39, 0.29) is 18.2 Å². The highest BCUT2D eigenvalue weighted by molar-refractivity contribution is 14.1. The summed E-state index contributed by atoms with van der Waals surface area (Å²) >= 11 is 2.04. The molecule has 0 unspecified atom stereocenters. The number of hydrogen-bond donors (Lipinski definition) is 3. The summed E-state index contributed by atoms with van der Waals surface area (Å²) in [5, 5.41) is 8.79. The van der Waals surface area contributed by atoms with Crippen LogP contribution in [0.2, 0.25) is 0 Å². The van der Waals surface area contributed by atoms with E-state index in [1.54, 1.807) is 19.1 Å². The highest BCUT2D eigenvalue weighted by Gasteiger charge is 2.16. The number of carbonyl (C=O) groups excluding carboxylic acids is 3. The van der Waals surface area contributed by atoms with Crippen molar-refractivity contribution in [3.8, 4) is 11.5 Å². The van der Waals surface area contributed by atoms with Gasteiger partial charge in [-0.1, -0.05) is 18.2 Å². The van der Waals surface area contributed by atoms with E-state index < -0.39 is 17.6 Å². The Bertz CT molecular complexity index is 1360. The molecule has 198 valence electrons. The number of nitrogens with one attached hydrogen (secondary N) is 3. The molecule has 0 saturated heterocycles. The summed E-state index contributed by atoms with van der Waals surface area (Å²) in [6.07, 6.45) is 1.32.